The Morgan fingerprint density at radius 3 is 1.86 bits per heavy atom. The third-order valence-electron chi connectivity index (χ3n) is 4.06. The lowest BCUT2D eigenvalue weighted by Crippen LogP contribution is -2.29. The summed E-state index contributed by atoms with van der Waals surface area (Å²) in [5.41, 5.74) is 4.71. The number of benzene rings is 1. The van der Waals surface area contributed by atoms with E-state index in [2.05, 4.69) is 85.4 Å². The Labute approximate surface area is 139 Å². The molecule has 0 unspecified atom stereocenters. The zero-order valence-electron chi connectivity index (χ0n) is 16.4. The fourth-order valence-electron chi connectivity index (χ4n) is 3.04. The van der Waals surface area contributed by atoms with E-state index in [9.17, 15) is 0 Å². The van der Waals surface area contributed by atoms with Crippen molar-refractivity contribution in [1.29, 1.82) is 0 Å². The van der Waals surface area contributed by atoms with Crippen LogP contribution < -0.4 is 4.90 Å². The highest BCUT2D eigenvalue weighted by Gasteiger charge is 2.26. The fourth-order valence-corrected chi connectivity index (χ4v) is 3.04. The van der Waals surface area contributed by atoms with Crippen molar-refractivity contribution in [3.05, 3.63) is 29.3 Å². The molecule has 1 aromatic carbocycles. The van der Waals surface area contributed by atoms with Crippen molar-refractivity contribution in [2.24, 2.45) is 5.92 Å². The molecule has 22 heavy (non-hydrogen) atoms. The normalized spacial score (nSPS) is 12.8. The van der Waals surface area contributed by atoms with Gasteiger partial charge in [-0.15, -0.1) is 0 Å². The van der Waals surface area contributed by atoms with Crippen LogP contribution in [0.25, 0.3) is 0 Å². The molecule has 0 heterocycles. The Morgan fingerprint density at radius 2 is 1.45 bits per heavy atom. The maximum Gasteiger partial charge on any atom is 0.0369 e. The summed E-state index contributed by atoms with van der Waals surface area (Å²) in [6.45, 7) is 23.1. The number of hydrogen-bond donors (Lipinski definition) is 0. The molecule has 0 aliphatic rings. The molecule has 0 saturated heterocycles. The highest BCUT2D eigenvalue weighted by molar-refractivity contribution is 5.54. The molecule has 0 fully saturated rings. The van der Waals surface area contributed by atoms with Crippen molar-refractivity contribution in [3.8, 4) is 0 Å². The highest BCUT2D eigenvalue weighted by atomic mass is 15.1. The minimum Gasteiger partial charge on any atom is -0.371 e. The quantitative estimate of drug-likeness (QED) is 0.630. The van der Waals surface area contributed by atoms with Crippen LogP contribution in [0.3, 0.4) is 0 Å². The van der Waals surface area contributed by atoms with Crippen LogP contribution in [0.15, 0.2) is 18.2 Å². The zero-order chi connectivity index (χ0) is 17.1. The molecule has 0 radical (unpaired) electrons. The highest BCUT2D eigenvalue weighted by Crippen LogP contribution is 2.36. The Hall–Kier alpha value is -0.980. The molecule has 0 spiro atoms. The lowest BCUT2D eigenvalue weighted by molar-refractivity contribution is 0.529. The molecule has 0 amide bonds. The van der Waals surface area contributed by atoms with Crippen molar-refractivity contribution in [2.75, 3.05) is 18.0 Å². The minimum atomic E-state index is 0.175. The van der Waals surface area contributed by atoms with Gasteiger partial charge in [-0.3, -0.25) is 0 Å². The standard InChI is InChI=1S/C21H37N/c1-10-13-22(15-16(2)3)17-11-12-18(20(4,5)6)19(14-17)21(7,8)9/h11-12,14,16H,10,13,15H2,1-9H3. The molecule has 126 valence electrons. The van der Waals surface area contributed by atoms with Crippen molar-refractivity contribution in [3.63, 3.8) is 0 Å². The smallest absolute Gasteiger partial charge is 0.0369 e. The maximum absolute atomic E-state index is 2.55. The van der Waals surface area contributed by atoms with Gasteiger partial charge in [0.05, 0.1) is 0 Å². The number of rotatable bonds is 5. The number of nitrogens with zero attached hydrogens (tertiary/aromatic N) is 1. The Morgan fingerprint density at radius 1 is 0.909 bits per heavy atom. The monoisotopic (exact) mass is 303 g/mol. The van der Waals surface area contributed by atoms with Gasteiger partial charge in [-0.05, 0) is 46.4 Å². The first-order valence-corrected chi connectivity index (χ1v) is 8.86. The first-order valence-electron chi connectivity index (χ1n) is 8.86. The number of anilines is 1. The maximum atomic E-state index is 2.55. The summed E-state index contributed by atoms with van der Waals surface area (Å²) >= 11 is 0. The molecular weight excluding hydrogens is 266 g/mol. The summed E-state index contributed by atoms with van der Waals surface area (Å²) in [5.74, 6) is 0.687. The van der Waals surface area contributed by atoms with Crippen LogP contribution in [-0.2, 0) is 10.8 Å². The summed E-state index contributed by atoms with van der Waals surface area (Å²) in [6, 6.07) is 7.13. The summed E-state index contributed by atoms with van der Waals surface area (Å²) < 4.78 is 0. The largest absolute Gasteiger partial charge is 0.371 e. The fraction of sp³-hybridized carbons (Fsp3) is 0.714. The van der Waals surface area contributed by atoms with E-state index in [-0.39, 0.29) is 10.8 Å². The summed E-state index contributed by atoms with van der Waals surface area (Å²) in [6.07, 6.45) is 1.19. The molecule has 1 aromatic rings. The topological polar surface area (TPSA) is 3.24 Å². The third kappa shape index (κ3) is 5.04. The van der Waals surface area contributed by atoms with Gasteiger partial charge in [0, 0.05) is 18.8 Å². The van der Waals surface area contributed by atoms with Crippen LogP contribution in [-0.4, -0.2) is 13.1 Å². The van der Waals surface area contributed by atoms with E-state index in [1.165, 1.54) is 23.2 Å². The molecule has 0 aliphatic carbocycles. The van der Waals surface area contributed by atoms with Gasteiger partial charge in [-0.1, -0.05) is 68.4 Å². The van der Waals surface area contributed by atoms with Gasteiger partial charge in [0.15, 0.2) is 0 Å². The molecule has 1 rings (SSSR count). The summed E-state index contributed by atoms with van der Waals surface area (Å²) in [5, 5.41) is 0. The Kier molecular flexibility index (Phi) is 6.12. The van der Waals surface area contributed by atoms with Gasteiger partial charge in [0.2, 0.25) is 0 Å². The van der Waals surface area contributed by atoms with Gasteiger partial charge >= 0.3 is 0 Å². The van der Waals surface area contributed by atoms with Crippen LogP contribution in [0.1, 0.15) is 79.9 Å². The van der Waals surface area contributed by atoms with Gasteiger partial charge in [0.1, 0.15) is 0 Å². The van der Waals surface area contributed by atoms with Crippen molar-refractivity contribution < 1.29 is 0 Å². The van der Waals surface area contributed by atoms with Gasteiger partial charge in [-0.25, -0.2) is 0 Å². The second-order valence-electron chi connectivity index (χ2n) is 9.07. The predicted molar refractivity (Wildman–Crippen MR) is 101 cm³/mol. The molecule has 0 aliphatic heterocycles. The van der Waals surface area contributed by atoms with Crippen molar-refractivity contribution >= 4 is 5.69 Å². The number of hydrogen-bond acceptors (Lipinski definition) is 1. The minimum absolute atomic E-state index is 0.175. The molecule has 0 bridgehead atoms. The van der Waals surface area contributed by atoms with E-state index >= 15 is 0 Å². The average molecular weight is 304 g/mol. The molecule has 0 N–H and O–H groups in total. The molecule has 1 nitrogen and oxygen atoms in total. The lowest BCUT2D eigenvalue weighted by Gasteiger charge is -2.33. The second-order valence-corrected chi connectivity index (χ2v) is 9.07. The molecular formula is C21H37N. The van der Waals surface area contributed by atoms with Gasteiger partial charge in [-0.2, -0.15) is 0 Å². The molecule has 0 saturated carbocycles. The Bertz CT molecular complexity index is 472. The average Bonchev–Trinajstić information content (AvgIpc) is 2.35. The zero-order valence-corrected chi connectivity index (χ0v) is 16.4. The van der Waals surface area contributed by atoms with E-state index in [4.69, 9.17) is 0 Å². The predicted octanol–water partition coefficient (Wildman–Crippen LogP) is 6.15. The van der Waals surface area contributed by atoms with E-state index in [0.717, 1.165) is 13.1 Å². The van der Waals surface area contributed by atoms with Crippen LogP contribution in [0, 0.1) is 5.92 Å². The van der Waals surface area contributed by atoms with Crippen LogP contribution >= 0.6 is 0 Å². The first-order chi connectivity index (χ1) is 9.96. The van der Waals surface area contributed by atoms with Crippen LogP contribution in [0.5, 0.6) is 0 Å². The van der Waals surface area contributed by atoms with Gasteiger partial charge in [0.25, 0.3) is 0 Å². The molecule has 0 aromatic heterocycles. The summed E-state index contributed by atoms with van der Waals surface area (Å²) in [4.78, 5) is 2.55. The van der Waals surface area contributed by atoms with E-state index in [1.807, 2.05) is 0 Å². The van der Waals surface area contributed by atoms with Crippen LogP contribution in [0.4, 0.5) is 5.69 Å². The van der Waals surface area contributed by atoms with E-state index < -0.39 is 0 Å². The SMILES string of the molecule is CCCN(CC(C)C)c1ccc(C(C)(C)C)c(C(C)(C)C)c1. The first kappa shape index (κ1) is 19.1. The second kappa shape index (κ2) is 7.06. The molecule has 0 atom stereocenters. The van der Waals surface area contributed by atoms with E-state index in [0.29, 0.717) is 5.92 Å². The lowest BCUT2D eigenvalue weighted by atomic mass is 9.75. The van der Waals surface area contributed by atoms with Gasteiger partial charge < -0.3 is 4.90 Å². The van der Waals surface area contributed by atoms with Crippen LogP contribution in [0.2, 0.25) is 0 Å². The Balaban J connectivity index is 3.34. The van der Waals surface area contributed by atoms with E-state index in [1.54, 1.807) is 0 Å². The van der Waals surface area contributed by atoms with Crippen molar-refractivity contribution in [2.45, 2.75) is 79.6 Å². The molecule has 1 heteroatoms. The van der Waals surface area contributed by atoms with Crippen molar-refractivity contribution in [1.82, 2.24) is 0 Å². The third-order valence-corrected chi connectivity index (χ3v) is 4.06. The summed E-state index contributed by atoms with van der Waals surface area (Å²) in [7, 11) is 0.